The quantitative estimate of drug-likeness (QED) is 0.537. The molecule has 3 aromatic rings. The maximum absolute atomic E-state index is 14.1. The lowest BCUT2D eigenvalue weighted by Crippen LogP contribution is -2.26. The van der Waals surface area contributed by atoms with Gasteiger partial charge in [0.25, 0.3) is 0 Å². The van der Waals surface area contributed by atoms with Crippen LogP contribution in [-0.2, 0) is 11.2 Å². The molecular formula is C27H25FN2O4. The van der Waals surface area contributed by atoms with Crippen LogP contribution in [0.3, 0.4) is 0 Å². The Labute approximate surface area is 197 Å². The van der Waals surface area contributed by atoms with Gasteiger partial charge in [-0.3, -0.25) is 9.78 Å². The molecule has 0 unspecified atom stereocenters. The van der Waals surface area contributed by atoms with Crippen LogP contribution in [-0.4, -0.2) is 36.8 Å². The summed E-state index contributed by atoms with van der Waals surface area (Å²) in [5, 5.41) is 13.2. The number of nitrogens with one attached hydrogen (secondary N) is 1. The lowest BCUT2D eigenvalue weighted by atomic mass is 10.00. The topological polar surface area (TPSA) is 80.7 Å². The van der Waals surface area contributed by atoms with E-state index in [0.29, 0.717) is 0 Å². The summed E-state index contributed by atoms with van der Waals surface area (Å²) in [6.07, 6.45) is 5.46. The number of hydrogen-bond donors (Lipinski definition) is 2. The molecule has 6 nitrogen and oxygen atoms in total. The van der Waals surface area contributed by atoms with Crippen molar-refractivity contribution in [1.29, 1.82) is 0 Å². The van der Waals surface area contributed by atoms with Gasteiger partial charge in [0.2, 0.25) is 11.7 Å². The van der Waals surface area contributed by atoms with Crippen molar-refractivity contribution >= 4 is 23.1 Å². The van der Waals surface area contributed by atoms with Crippen LogP contribution in [0.15, 0.2) is 60.4 Å². The van der Waals surface area contributed by atoms with E-state index in [1.807, 2.05) is 19.1 Å². The Morgan fingerprint density at radius 2 is 1.85 bits per heavy atom. The van der Waals surface area contributed by atoms with Crippen LogP contribution in [0.5, 0.6) is 17.2 Å². The van der Waals surface area contributed by atoms with Gasteiger partial charge in [0.05, 0.1) is 20.6 Å². The van der Waals surface area contributed by atoms with E-state index >= 15 is 0 Å². The summed E-state index contributed by atoms with van der Waals surface area (Å²) in [5.74, 6) is 0.00284. The van der Waals surface area contributed by atoms with E-state index in [0.717, 1.165) is 39.0 Å². The van der Waals surface area contributed by atoms with E-state index in [1.165, 1.54) is 26.4 Å². The SMILES string of the molecule is COc1cc(C=C2C(C)=C(CNC(=O)Cc3cccnc3)c3cc(F)ccc32)cc(OC)c1O. The second-order valence-electron chi connectivity index (χ2n) is 7.94. The molecule has 2 N–H and O–H groups in total. The number of ether oxygens (including phenoxy) is 2. The fourth-order valence-electron chi connectivity index (χ4n) is 4.08. The number of aromatic nitrogens is 1. The number of phenols is 1. The summed E-state index contributed by atoms with van der Waals surface area (Å²) in [5.41, 5.74) is 5.83. The first-order valence-electron chi connectivity index (χ1n) is 10.7. The summed E-state index contributed by atoms with van der Waals surface area (Å²) in [6.45, 7) is 2.21. The number of nitrogens with zero attached hydrogens (tertiary/aromatic N) is 1. The smallest absolute Gasteiger partial charge is 0.224 e. The van der Waals surface area contributed by atoms with Crippen LogP contribution in [0, 0.1) is 5.82 Å². The Kier molecular flexibility index (Phi) is 6.63. The van der Waals surface area contributed by atoms with Gasteiger partial charge >= 0.3 is 0 Å². The molecule has 7 heteroatoms. The molecule has 1 heterocycles. The summed E-state index contributed by atoms with van der Waals surface area (Å²) < 4.78 is 24.7. The van der Waals surface area contributed by atoms with Crippen molar-refractivity contribution in [2.45, 2.75) is 13.3 Å². The first-order chi connectivity index (χ1) is 16.4. The molecule has 0 spiro atoms. The fourth-order valence-corrected chi connectivity index (χ4v) is 4.08. The number of fused-ring (bicyclic) bond motifs is 1. The van der Waals surface area contributed by atoms with Crippen LogP contribution in [0.1, 0.15) is 29.2 Å². The number of amides is 1. The molecule has 1 aliphatic rings. The van der Waals surface area contributed by atoms with Crippen LogP contribution in [0.4, 0.5) is 4.39 Å². The second kappa shape index (κ2) is 9.79. The zero-order chi connectivity index (χ0) is 24.2. The summed E-state index contributed by atoms with van der Waals surface area (Å²) >= 11 is 0. The van der Waals surface area contributed by atoms with Crippen molar-refractivity contribution < 1.29 is 23.8 Å². The molecule has 0 saturated heterocycles. The third-order valence-corrected chi connectivity index (χ3v) is 5.82. The maximum Gasteiger partial charge on any atom is 0.224 e. The predicted molar refractivity (Wildman–Crippen MR) is 129 cm³/mol. The molecule has 2 aromatic carbocycles. The number of phenolic OH excluding ortho intramolecular Hbond substituents is 1. The van der Waals surface area contributed by atoms with E-state index < -0.39 is 0 Å². The first-order valence-corrected chi connectivity index (χ1v) is 10.7. The van der Waals surface area contributed by atoms with Gasteiger partial charge in [-0.05, 0) is 82.3 Å². The van der Waals surface area contributed by atoms with Gasteiger partial charge in [0.15, 0.2) is 11.5 Å². The van der Waals surface area contributed by atoms with E-state index in [2.05, 4.69) is 10.3 Å². The minimum atomic E-state index is -0.347. The highest BCUT2D eigenvalue weighted by Crippen LogP contribution is 2.44. The molecular weight excluding hydrogens is 435 g/mol. The molecule has 1 amide bonds. The van der Waals surface area contributed by atoms with Crippen LogP contribution in [0.25, 0.3) is 17.2 Å². The van der Waals surface area contributed by atoms with Crippen molar-refractivity contribution in [3.8, 4) is 17.2 Å². The highest BCUT2D eigenvalue weighted by molar-refractivity contribution is 6.06. The number of rotatable bonds is 7. The van der Waals surface area contributed by atoms with Gasteiger partial charge in [-0.2, -0.15) is 0 Å². The summed E-state index contributed by atoms with van der Waals surface area (Å²) in [4.78, 5) is 16.5. The number of carbonyl (C=O) groups is 1. The van der Waals surface area contributed by atoms with Gasteiger partial charge in [0, 0.05) is 18.9 Å². The lowest BCUT2D eigenvalue weighted by molar-refractivity contribution is -0.120. The molecule has 0 aliphatic heterocycles. The van der Waals surface area contributed by atoms with E-state index in [1.54, 1.807) is 36.7 Å². The third-order valence-electron chi connectivity index (χ3n) is 5.82. The third kappa shape index (κ3) is 4.64. The Hall–Kier alpha value is -4.13. The largest absolute Gasteiger partial charge is 0.502 e. The number of halogens is 1. The molecule has 34 heavy (non-hydrogen) atoms. The van der Waals surface area contributed by atoms with Crippen molar-refractivity contribution in [2.24, 2.45) is 0 Å². The molecule has 0 saturated carbocycles. The van der Waals surface area contributed by atoms with Crippen molar-refractivity contribution in [2.75, 3.05) is 20.8 Å². The molecule has 174 valence electrons. The minimum absolute atomic E-state index is 0.0784. The first kappa shape index (κ1) is 23.0. The van der Waals surface area contributed by atoms with Crippen molar-refractivity contribution in [3.05, 3.63) is 88.5 Å². The maximum atomic E-state index is 14.1. The zero-order valence-corrected chi connectivity index (χ0v) is 19.2. The van der Waals surface area contributed by atoms with Gasteiger partial charge in [-0.1, -0.05) is 12.1 Å². The lowest BCUT2D eigenvalue weighted by Gasteiger charge is -2.11. The van der Waals surface area contributed by atoms with E-state index in [-0.39, 0.29) is 41.9 Å². The van der Waals surface area contributed by atoms with Gasteiger partial charge in [-0.25, -0.2) is 4.39 Å². The second-order valence-corrected chi connectivity index (χ2v) is 7.94. The highest BCUT2D eigenvalue weighted by atomic mass is 19.1. The normalized spacial score (nSPS) is 13.7. The van der Waals surface area contributed by atoms with Crippen LogP contribution < -0.4 is 14.8 Å². The molecule has 0 bridgehead atoms. The highest BCUT2D eigenvalue weighted by Gasteiger charge is 2.25. The molecule has 1 aromatic heterocycles. The number of hydrogen-bond acceptors (Lipinski definition) is 5. The Morgan fingerprint density at radius 1 is 1.12 bits per heavy atom. The molecule has 0 atom stereocenters. The Morgan fingerprint density at radius 3 is 2.50 bits per heavy atom. The van der Waals surface area contributed by atoms with Crippen LogP contribution in [0.2, 0.25) is 0 Å². The van der Waals surface area contributed by atoms with E-state index in [9.17, 15) is 14.3 Å². The average Bonchev–Trinajstić information content (AvgIpc) is 3.09. The molecule has 1 aliphatic carbocycles. The number of methoxy groups -OCH3 is 2. The van der Waals surface area contributed by atoms with Gasteiger partial charge in [-0.15, -0.1) is 0 Å². The average molecular weight is 461 g/mol. The Balaban J connectivity index is 1.67. The predicted octanol–water partition coefficient (Wildman–Crippen LogP) is 4.63. The monoisotopic (exact) mass is 460 g/mol. The summed E-state index contributed by atoms with van der Waals surface area (Å²) in [6, 6.07) is 11.7. The standard InChI is InChI=1S/C27H25FN2O4/c1-16-21(9-18-10-24(33-2)27(32)25(11-18)34-3)20-7-6-19(28)13-22(20)23(16)15-30-26(31)12-17-5-4-8-29-14-17/h4-11,13-14,32H,12,15H2,1-3H3,(H,30,31). The number of allylic oxidation sites excluding steroid dienone is 2. The molecule has 0 fully saturated rings. The molecule has 4 rings (SSSR count). The van der Waals surface area contributed by atoms with Crippen molar-refractivity contribution in [3.63, 3.8) is 0 Å². The van der Waals surface area contributed by atoms with Gasteiger partial charge in [0.1, 0.15) is 5.82 Å². The van der Waals surface area contributed by atoms with E-state index in [4.69, 9.17) is 9.47 Å². The minimum Gasteiger partial charge on any atom is -0.502 e. The molecule has 0 radical (unpaired) electrons. The Bertz CT molecular complexity index is 1270. The zero-order valence-electron chi connectivity index (χ0n) is 19.2. The number of pyridine rings is 1. The number of carbonyl (C=O) groups excluding carboxylic acids is 1. The number of aromatic hydroxyl groups is 1. The van der Waals surface area contributed by atoms with Crippen LogP contribution >= 0.6 is 0 Å². The fraction of sp³-hybridized carbons (Fsp3) is 0.185. The number of benzene rings is 2. The van der Waals surface area contributed by atoms with Gasteiger partial charge < -0.3 is 19.9 Å². The summed E-state index contributed by atoms with van der Waals surface area (Å²) in [7, 11) is 2.94. The van der Waals surface area contributed by atoms with Crippen molar-refractivity contribution in [1.82, 2.24) is 10.3 Å².